The van der Waals surface area contributed by atoms with Gasteiger partial charge in [-0.05, 0) is 33.6 Å². The van der Waals surface area contributed by atoms with E-state index in [9.17, 15) is 0 Å². The molecule has 0 saturated heterocycles. The second kappa shape index (κ2) is 10.3. The van der Waals surface area contributed by atoms with Crippen molar-refractivity contribution in [3.05, 3.63) is 6.42 Å². The Hall–Kier alpha value is 0.0969. The van der Waals surface area contributed by atoms with Gasteiger partial charge < -0.3 is 13.3 Å². The van der Waals surface area contributed by atoms with Crippen molar-refractivity contribution in [1.29, 1.82) is 0 Å². The van der Waals surface area contributed by atoms with Crippen LogP contribution < -0.4 is 0 Å². The van der Waals surface area contributed by atoms with Crippen LogP contribution in [0.2, 0.25) is 6.04 Å². The minimum atomic E-state index is -2.36. The number of hydrogen-bond donors (Lipinski definition) is 0. The maximum absolute atomic E-state index is 5.77. The second-order valence-electron chi connectivity index (χ2n) is 3.64. The molecular formula is C12H27O3Si. The SMILES string of the molecule is C[CH]CCCC[Si](OCC)(OCC)OCC. The molecule has 1 radical (unpaired) electrons. The zero-order chi connectivity index (χ0) is 12.3. The summed E-state index contributed by atoms with van der Waals surface area (Å²) in [5.74, 6) is 0. The van der Waals surface area contributed by atoms with E-state index in [-0.39, 0.29) is 0 Å². The highest BCUT2D eigenvalue weighted by molar-refractivity contribution is 6.60. The van der Waals surface area contributed by atoms with Crippen LogP contribution in [0, 0.1) is 6.42 Å². The molecular weight excluding hydrogens is 220 g/mol. The molecule has 97 valence electrons. The van der Waals surface area contributed by atoms with E-state index in [2.05, 4.69) is 13.3 Å². The van der Waals surface area contributed by atoms with Crippen molar-refractivity contribution >= 4 is 8.80 Å². The molecule has 0 aromatic heterocycles. The van der Waals surface area contributed by atoms with Crippen LogP contribution in [0.3, 0.4) is 0 Å². The molecule has 0 spiro atoms. The Morgan fingerprint density at radius 3 is 1.75 bits per heavy atom. The lowest BCUT2D eigenvalue weighted by molar-refractivity contribution is 0.0707. The Labute approximate surface area is 102 Å². The number of rotatable bonds is 11. The molecule has 0 aromatic rings. The van der Waals surface area contributed by atoms with Gasteiger partial charge in [-0.25, -0.2) is 0 Å². The van der Waals surface area contributed by atoms with Crippen molar-refractivity contribution in [1.82, 2.24) is 0 Å². The average molecular weight is 247 g/mol. The third kappa shape index (κ3) is 6.63. The van der Waals surface area contributed by atoms with Crippen molar-refractivity contribution in [2.45, 2.75) is 53.0 Å². The third-order valence-corrected chi connectivity index (χ3v) is 5.47. The Kier molecular flexibility index (Phi) is 10.3. The molecule has 4 heteroatoms. The fraction of sp³-hybridized carbons (Fsp3) is 0.917. The number of unbranched alkanes of at least 4 members (excludes halogenated alkanes) is 3. The molecule has 0 atom stereocenters. The summed E-state index contributed by atoms with van der Waals surface area (Å²) in [6, 6.07) is 0.941. The van der Waals surface area contributed by atoms with E-state index >= 15 is 0 Å². The minimum absolute atomic E-state index is 0.673. The molecule has 16 heavy (non-hydrogen) atoms. The fourth-order valence-corrected chi connectivity index (χ4v) is 4.38. The summed E-state index contributed by atoms with van der Waals surface area (Å²) in [6.45, 7) is 10.1. The van der Waals surface area contributed by atoms with E-state index in [1.54, 1.807) is 0 Å². The first kappa shape index (κ1) is 16.1. The van der Waals surface area contributed by atoms with Crippen molar-refractivity contribution < 1.29 is 13.3 Å². The lowest BCUT2D eigenvalue weighted by Crippen LogP contribution is -2.45. The van der Waals surface area contributed by atoms with Crippen LogP contribution in [0.4, 0.5) is 0 Å². The summed E-state index contributed by atoms with van der Waals surface area (Å²) in [6.07, 6.45) is 5.68. The quantitative estimate of drug-likeness (QED) is 0.413. The summed E-state index contributed by atoms with van der Waals surface area (Å²) < 4.78 is 17.3. The van der Waals surface area contributed by atoms with Crippen LogP contribution >= 0.6 is 0 Å². The van der Waals surface area contributed by atoms with Crippen molar-refractivity contribution in [3.63, 3.8) is 0 Å². The monoisotopic (exact) mass is 247 g/mol. The van der Waals surface area contributed by atoms with Gasteiger partial charge >= 0.3 is 8.80 Å². The van der Waals surface area contributed by atoms with Crippen molar-refractivity contribution in [3.8, 4) is 0 Å². The number of hydrogen-bond acceptors (Lipinski definition) is 3. The normalized spacial score (nSPS) is 12.0. The van der Waals surface area contributed by atoms with Crippen LogP contribution in [0.1, 0.15) is 47.0 Å². The molecule has 0 aromatic carbocycles. The van der Waals surface area contributed by atoms with Crippen molar-refractivity contribution in [2.75, 3.05) is 19.8 Å². The molecule has 3 nitrogen and oxygen atoms in total. The van der Waals surface area contributed by atoms with Crippen LogP contribution in [-0.4, -0.2) is 28.6 Å². The minimum Gasteiger partial charge on any atom is -0.374 e. The molecule has 0 rings (SSSR count). The average Bonchev–Trinajstić information content (AvgIpc) is 2.26. The van der Waals surface area contributed by atoms with Gasteiger partial charge in [-0.1, -0.05) is 19.8 Å². The molecule has 0 bridgehead atoms. The molecule has 0 amide bonds. The first-order valence-corrected chi connectivity index (χ1v) is 8.37. The van der Waals surface area contributed by atoms with Gasteiger partial charge in [0.2, 0.25) is 0 Å². The van der Waals surface area contributed by atoms with E-state index < -0.39 is 8.80 Å². The van der Waals surface area contributed by atoms with E-state index in [1.807, 2.05) is 20.8 Å². The zero-order valence-electron chi connectivity index (χ0n) is 11.3. The highest BCUT2D eigenvalue weighted by Gasteiger charge is 2.39. The molecule has 0 unspecified atom stereocenters. The Morgan fingerprint density at radius 1 is 0.875 bits per heavy atom. The summed E-state index contributed by atoms with van der Waals surface area (Å²) in [5, 5.41) is 0. The van der Waals surface area contributed by atoms with Gasteiger partial charge in [0, 0.05) is 25.9 Å². The van der Waals surface area contributed by atoms with Gasteiger partial charge in [-0.2, -0.15) is 0 Å². The molecule has 0 heterocycles. The first-order chi connectivity index (χ1) is 7.74. The summed E-state index contributed by atoms with van der Waals surface area (Å²) >= 11 is 0. The molecule has 0 saturated carbocycles. The van der Waals surface area contributed by atoms with E-state index in [0.29, 0.717) is 19.8 Å². The van der Waals surface area contributed by atoms with Crippen LogP contribution in [-0.2, 0) is 13.3 Å². The summed E-state index contributed by atoms with van der Waals surface area (Å²) in [5.41, 5.74) is 0. The molecule has 0 aliphatic carbocycles. The van der Waals surface area contributed by atoms with Gasteiger partial charge in [0.25, 0.3) is 0 Å². The van der Waals surface area contributed by atoms with E-state index in [1.165, 1.54) is 6.42 Å². The summed E-state index contributed by atoms with van der Waals surface area (Å²) in [4.78, 5) is 0. The van der Waals surface area contributed by atoms with E-state index in [4.69, 9.17) is 13.3 Å². The lowest BCUT2D eigenvalue weighted by Gasteiger charge is -2.28. The van der Waals surface area contributed by atoms with Crippen LogP contribution in [0.25, 0.3) is 0 Å². The van der Waals surface area contributed by atoms with Gasteiger partial charge in [0.1, 0.15) is 0 Å². The Morgan fingerprint density at radius 2 is 1.38 bits per heavy atom. The highest BCUT2D eigenvalue weighted by Crippen LogP contribution is 2.20. The standard InChI is InChI=1S/C12H27O3Si/c1-5-9-10-11-12-16(13-6-2,14-7-3)15-8-4/h5H,6-12H2,1-4H3. The molecule has 0 aliphatic rings. The lowest BCUT2D eigenvalue weighted by atomic mass is 10.2. The topological polar surface area (TPSA) is 27.7 Å². The van der Waals surface area contributed by atoms with Crippen molar-refractivity contribution in [2.24, 2.45) is 0 Å². The predicted octanol–water partition coefficient (Wildman–Crippen LogP) is 3.43. The molecule has 0 N–H and O–H groups in total. The second-order valence-corrected chi connectivity index (χ2v) is 6.37. The van der Waals surface area contributed by atoms with Gasteiger partial charge in [0.15, 0.2) is 0 Å². The van der Waals surface area contributed by atoms with Gasteiger partial charge in [-0.15, -0.1) is 0 Å². The Bertz CT molecular complexity index is 136. The van der Waals surface area contributed by atoms with E-state index in [0.717, 1.165) is 18.9 Å². The fourth-order valence-electron chi connectivity index (χ4n) is 1.69. The smallest absolute Gasteiger partial charge is 0.374 e. The van der Waals surface area contributed by atoms with Gasteiger partial charge in [0.05, 0.1) is 0 Å². The van der Waals surface area contributed by atoms with Crippen LogP contribution in [0.15, 0.2) is 0 Å². The largest absolute Gasteiger partial charge is 0.500 e. The third-order valence-electron chi connectivity index (χ3n) is 2.32. The van der Waals surface area contributed by atoms with Gasteiger partial charge in [-0.3, -0.25) is 0 Å². The maximum Gasteiger partial charge on any atom is 0.500 e. The highest BCUT2D eigenvalue weighted by atomic mass is 28.4. The molecule has 0 aliphatic heterocycles. The first-order valence-electron chi connectivity index (χ1n) is 6.44. The van der Waals surface area contributed by atoms with Crippen LogP contribution in [0.5, 0.6) is 0 Å². The molecule has 0 fully saturated rings. The maximum atomic E-state index is 5.77. The zero-order valence-corrected chi connectivity index (χ0v) is 12.3. The Balaban J connectivity index is 4.12. The summed E-state index contributed by atoms with van der Waals surface area (Å²) in [7, 11) is -2.36. The predicted molar refractivity (Wildman–Crippen MR) is 69.3 cm³/mol.